The van der Waals surface area contributed by atoms with Crippen LogP contribution < -0.4 is 10.6 Å². The van der Waals surface area contributed by atoms with Gasteiger partial charge in [0.05, 0.1) is 0 Å². The number of hydrogen-bond donors (Lipinski definition) is 2. The van der Waals surface area contributed by atoms with Gasteiger partial charge in [0.15, 0.2) is 5.96 Å². The number of fused-ring (bicyclic) bond motifs is 1. The predicted molar refractivity (Wildman–Crippen MR) is 125 cm³/mol. The number of nitrogens with zero attached hydrogens (tertiary/aromatic N) is 2. The van der Waals surface area contributed by atoms with E-state index in [0.717, 1.165) is 18.5 Å². The molecule has 156 valence electrons. The van der Waals surface area contributed by atoms with E-state index in [1.54, 1.807) is 6.07 Å². The lowest BCUT2D eigenvalue weighted by Crippen LogP contribution is -2.41. The van der Waals surface area contributed by atoms with Gasteiger partial charge in [0.1, 0.15) is 12.4 Å². The first kappa shape index (κ1) is 23.1. The number of carbonyl (C=O) groups is 1. The van der Waals surface area contributed by atoms with Crippen LogP contribution in [0, 0.1) is 5.82 Å². The lowest BCUT2D eigenvalue weighted by molar-refractivity contribution is -0.130. The van der Waals surface area contributed by atoms with Crippen molar-refractivity contribution in [3.05, 3.63) is 71.0 Å². The van der Waals surface area contributed by atoms with E-state index < -0.39 is 0 Å². The van der Waals surface area contributed by atoms with E-state index in [1.165, 1.54) is 23.3 Å². The molecule has 2 aromatic rings. The van der Waals surface area contributed by atoms with Gasteiger partial charge in [-0.05, 0) is 48.6 Å². The van der Waals surface area contributed by atoms with E-state index >= 15 is 0 Å². The van der Waals surface area contributed by atoms with Crippen molar-refractivity contribution >= 4 is 35.8 Å². The van der Waals surface area contributed by atoms with E-state index in [0.29, 0.717) is 32.0 Å². The fourth-order valence-corrected chi connectivity index (χ4v) is 3.31. The second-order valence-corrected chi connectivity index (χ2v) is 6.84. The van der Waals surface area contributed by atoms with Crippen LogP contribution >= 0.6 is 24.0 Å². The molecule has 0 saturated heterocycles. The van der Waals surface area contributed by atoms with Crippen molar-refractivity contribution in [3.63, 3.8) is 0 Å². The Hall–Kier alpha value is -2.16. The zero-order valence-electron chi connectivity index (χ0n) is 16.7. The fourth-order valence-electron chi connectivity index (χ4n) is 3.31. The Morgan fingerprint density at radius 3 is 2.69 bits per heavy atom. The highest BCUT2D eigenvalue weighted by molar-refractivity contribution is 14.0. The summed E-state index contributed by atoms with van der Waals surface area (Å²) in [5, 5.41) is 6.36. The highest BCUT2D eigenvalue weighted by Gasteiger charge is 2.19. The molecule has 2 aromatic carbocycles. The number of hydrogen-bond acceptors (Lipinski definition) is 2. The van der Waals surface area contributed by atoms with Crippen LogP contribution in [0.1, 0.15) is 23.6 Å². The molecule has 0 aliphatic carbocycles. The molecule has 0 atom stereocenters. The van der Waals surface area contributed by atoms with Gasteiger partial charge in [0.25, 0.3) is 0 Å². The Balaban J connectivity index is 0.00000300. The number of carbonyl (C=O) groups excluding carboxylic acids is 1. The minimum absolute atomic E-state index is 0. The topological polar surface area (TPSA) is 56.7 Å². The molecule has 0 fully saturated rings. The second-order valence-electron chi connectivity index (χ2n) is 6.84. The van der Waals surface area contributed by atoms with E-state index in [9.17, 15) is 9.18 Å². The summed E-state index contributed by atoms with van der Waals surface area (Å²) in [7, 11) is 0. The van der Waals surface area contributed by atoms with Crippen molar-refractivity contribution in [2.75, 3.05) is 26.2 Å². The monoisotopic (exact) mass is 510 g/mol. The first-order chi connectivity index (χ1) is 13.7. The number of rotatable bonds is 6. The van der Waals surface area contributed by atoms with Crippen LogP contribution in [0.4, 0.5) is 4.39 Å². The minimum Gasteiger partial charge on any atom is -0.357 e. The minimum atomic E-state index is -0.230. The highest BCUT2D eigenvalue weighted by atomic mass is 127. The van der Waals surface area contributed by atoms with Gasteiger partial charge in [-0.3, -0.25) is 4.79 Å². The number of guanidine groups is 1. The summed E-state index contributed by atoms with van der Waals surface area (Å²) in [5.74, 6) is 0.397. The standard InChI is InChI=1S/C22H27FN4O.HI/c1-2-24-22(25-12-10-17-6-5-9-20(23)14-17)26-15-21(28)27-13-11-18-7-3-4-8-19(18)16-27;/h3-9,14H,2,10-13,15-16H2,1H3,(H2,24,25,26);1H. The third-order valence-electron chi connectivity index (χ3n) is 4.80. The quantitative estimate of drug-likeness (QED) is 0.357. The zero-order valence-corrected chi connectivity index (χ0v) is 19.0. The maximum absolute atomic E-state index is 13.3. The molecule has 0 spiro atoms. The van der Waals surface area contributed by atoms with Gasteiger partial charge in [-0.2, -0.15) is 0 Å². The summed E-state index contributed by atoms with van der Waals surface area (Å²) < 4.78 is 13.3. The molecule has 1 aliphatic heterocycles. The van der Waals surface area contributed by atoms with Crippen LogP contribution in [-0.2, 0) is 24.2 Å². The van der Waals surface area contributed by atoms with Gasteiger partial charge in [-0.15, -0.1) is 24.0 Å². The Labute approximate surface area is 188 Å². The lowest BCUT2D eigenvalue weighted by Gasteiger charge is -2.28. The molecule has 0 aromatic heterocycles. The van der Waals surface area contributed by atoms with Crippen molar-refractivity contribution in [3.8, 4) is 0 Å². The fraction of sp³-hybridized carbons (Fsp3) is 0.364. The molecular formula is C22H28FIN4O. The van der Waals surface area contributed by atoms with Crippen LogP contribution in [0.5, 0.6) is 0 Å². The normalized spacial score (nSPS) is 13.3. The molecular weight excluding hydrogens is 482 g/mol. The molecule has 0 radical (unpaired) electrons. The van der Waals surface area contributed by atoms with Crippen molar-refractivity contribution in [1.82, 2.24) is 15.5 Å². The maximum Gasteiger partial charge on any atom is 0.244 e. The lowest BCUT2D eigenvalue weighted by atomic mass is 10.00. The molecule has 0 saturated carbocycles. The first-order valence-corrected chi connectivity index (χ1v) is 9.77. The maximum atomic E-state index is 13.3. The number of amides is 1. The van der Waals surface area contributed by atoms with E-state index in [-0.39, 0.29) is 42.2 Å². The molecule has 29 heavy (non-hydrogen) atoms. The van der Waals surface area contributed by atoms with Gasteiger partial charge in [0, 0.05) is 26.2 Å². The summed E-state index contributed by atoms with van der Waals surface area (Å²) in [5.41, 5.74) is 3.46. The number of aliphatic imine (C=N–C) groups is 1. The molecule has 2 N–H and O–H groups in total. The van der Waals surface area contributed by atoms with Gasteiger partial charge in [0.2, 0.25) is 5.91 Å². The van der Waals surface area contributed by atoms with Crippen molar-refractivity contribution < 1.29 is 9.18 Å². The third kappa shape index (κ3) is 6.99. The average Bonchev–Trinajstić information content (AvgIpc) is 2.71. The summed E-state index contributed by atoms with van der Waals surface area (Å²) in [6.45, 7) is 4.78. The Bertz CT molecular complexity index is 843. The predicted octanol–water partition coefficient (Wildman–Crippen LogP) is 3.13. The van der Waals surface area contributed by atoms with Crippen LogP contribution in [-0.4, -0.2) is 42.9 Å². The van der Waals surface area contributed by atoms with Gasteiger partial charge < -0.3 is 15.5 Å². The van der Waals surface area contributed by atoms with Crippen molar-refractivity contribution in [2.45, 2.75) is 26.3 Å². The Kier molecular flexibility index (Phi) is 9.37. The molecule has 3 rings (SSSR count). The molecule has 0 bridgehead atoms. The molecule has 5 nitrogen and oxygen atoms in total. The molecule has 7 heteroatoms. The van der Waals surface area contributed by atoms with E-state index in [1.807, 2.05) is 30.0 Å². The van der Waals surface area contributed by atoms with Crippen LogP contribution in [0.25, 0.3) is 0 Å². The number of benzene rings is 2. The van der Waals surface area contributed by atoms with Gasteiger partial charge in [-0.25, -0.2) is 9.38 Å². The highest BCUT2D eigenvalue weighted by Crippen LogP contribution is 2.18. The molecule has 0 unspecified atom stereocenters. The SMILES string of the molecule is CCNC(=NCC(=O)N1CCc2ccccc2C1)NCCc1cccc(F)c1.I. The largest absolute Gasteiger partial charge is 0.357 e. The molecule has 1 heterocycles. The van der Waals surface area contributed by atoms with E-state index in [4.69, 9.17) is 0 Å². The van der Waals surface area contributed by atoms with Crippen LogP contribution in [0.2, 0.25) is 0 Å². The summed E-state index contributed by atoms with van der Waals surface area (Å²) in [6.07, 6.45) is 1.57. The Morgan fingerprint density at radius 1 is 1.14 bits per heavy atom. The van der Waals surface area contributed by atoms with Gasteiger partial charge >= 0.3 is 0 Å². The summed E-state index contributed by atoms with van der Waals surface area (Å²) in [6, 6.07) is 14.8. The number of nitrogens with one attached hydrogen (secondary N) is 2. The van der Waals surface area contributed by atoms with Gasteiger partial charge in [-0.1, -0.05) is 36.4 Å². The van der Waals surface area contributed by atoms with Crippen LogP contribution in [0.3, 0.4) is 0 Å². The first-order valence-electron chi connectivity index (χ1n) is 9.77. The zero-order chi connectivity index (χ0) is 19.8. The smallest absolute Gasteiger partial charge is 0.244 e. The van der Waals surface area contributed by atoms with Crippen LogP contribution in [0.15, 0.2) is 53.5 Å². The van der Waals surface area contributed by atoms with Crippen molar-refractivity contribution in [2.24, 2.45) is 4.99 Å². The number of halogens is 2. The second kappa shape index (κ2) is 11.7. The summed E-state index contributed by atoms with van der Waals surface area (Å²) in [4.78, 5) is 18.9. The average molecular weight is 510 g/mol. The van der Waals surface area contributed by atoms with Crippen molar-refractivity contribution in [1.29, 1.82) is 0 Å². The third-order valence-corrected chi connectivity index (χ3v) is 4.80. The summed E-state index contributed by atoms with van der Waals surface area (Å²) >= 11 is 0. The Morgan fingerprint density at radius 2 is 1.93 bits per heavy atom. The molecule has 1 amide bonds. The molecule has 1 aliphatic rings. The van der Waals surface area contributed by atoms with E-state index in [2.05, 4.69) is 27.8 Å².